The molecular formula is C26H38Cl2N4O4S. The predicted octanol–water partition coefficient (Wildman–Crippen LogP) is 2.85. The summed E-state index contributed by atoms with van der Waals surface area (Å²) in [6.45, 7) is 1.88. The van der Waals surface area contributed by atoms with Gasteiger partial charge in [0.1, 0.15) is 6.04 Å². The van der Waals surface area contributed by atoms with E-state index in [4.69, 9.17) is 10.5 Å². The monoisotopic (exact) mass is 572 g/mol. The van der Waals surface area contributed by atoms with E-state index in [1.54, 1.807) is 11.8 Å². The fourth-order valence-corrected chi connectivity index (χ4v) is 5.17. The first-order chi connectivity index (χ1) is 17.0. The van der Waals surface area contributed by atoms with E-state index in [2.05, 4.69) is 34.5 Å². The average molecular weight is 574 g/mol. The largest absolute Gasteiger partial charge is 0.467 e. The highest BCUT2D eigenvalue weighted by Gasteiger charge is 2.30. The van der Waals surface area contributed by atoms with Gasteiger partial charge in [0, 0.05) is 25.7 Å². The van der Waals surface area contributed by atoms with Gasteiger partial charge in [0.05, 0.1) is 20.2 Å². The number of thioether (sulfide) groups is 1. The molecule has 1 aliphatic rings. The minimum atomic E-state index is -0.679. The Balaban J connectivity index is 0.00000342. The van der Waals surface area contributed by atoms with Crippen LogP contribution in [0.3, 0.4) is 0 Å². The molecule has 1 saturated heterocycles. The number of methoxy groups -OCH3 is 1. The molecular weight excluding hydrogens is 535 g/mol. The van der Waals surface area contributed by atoms with Crippen LogP contribution >= 0.6 is 36.6 Å². The van der Waals surface area contributed by atoms with Gasteiger partial charge in [-0.05, 0) is 47.6 Å². The second-order valence-electron chi connectivity index (χ2n) is 8.82. The Morgan fingerprint density at radius 1 is 1.19 bits per heavy atom. The van der Waals surface area contributed by atoms with Crippen molar-refractivity contribution in [1.82, 2.24) is 15.1 Å². The lowest BCUT2D eigenvalue weighted by Gasteiger charge is -2.31. The molecule has 0 unspecified atom stereocenters. The summed E-state index contributed by atoms with van der Waals surface area (Å²) in [4.78, 5) is 41.5. The van der Waals surface area contributed by atoms with Crippen molar-refractivity contribution >= 4 is 65.1 Å². The van der Waals surface area contributed by atoms with Crippen LogP contribution in [0.1, 0.15) is 24.8 Å². The number of esters is 1. The lowest BCUT2D eigenvalue weighted by Crippen LogP contribution is -2.49. The quantitative estimate of drug-likeness (QED) is 0.377. The van der Waals surface area contributed by atoms with Crippen LogP contribution in [0.25, 0.3) is 10.8 Å². The highest BCUT2D eigenvalue weighted by molar-refractivity contribution is 7.98. The van der Waals surface area contributed by atoms with E-state index < -0.39 is 12.0 Å². The molecule has 3 N–H and O–H groups in total. The van der Waals surface area contributed by atoms with Gasteiger partial charge in [0.25, 0.3) is 0 Å². The molecule has 1 aliphatic heterocycles. The van der Waals surface area contributed by atoms with E-state index in [1.165, 1.54) is 7.11 Å². The van der Waals surface area contributed by atoms with Crippen LogP contribution in [0.2, 0.25) is 0 Å². The number of carbonyl (C=O) groups excluding carboxylic acids is 3. The summed E-state index contributed by atoms with van der Waals surface area (Å²) in [6.07, 6.45) is 4.25. The molecule has 2 atom stereocenters. The number of rotatable bonds is 12. The van der Waals surface area contributed by atoms with Crippen LogP contribution in [0.5, 0.6) is 0 Å². The second-order valence-corrected chi connectivity index (χ2v) is 9.81. The van der Waals surface area contributed by atoms with Crippen LogP contribution in [0.15, 0.2) is 42.5 Å². The number of ether oxygens (including phenoxy) is 1. The zero-order chi connectivity index (χ0) is 25.2. The normalized spacial score (nSPS) is 15.6. The minimum Gasteiger partial charge on any atom is -0.467 e. The van der Waals surface area contributed by atoms with E-state index in [-0.39, 0.29) is 55.8 Å². The minimum absolute atomic E-state index is 0. The second kappa shape index (κ2) is 16.7. The number of benzene rings is 2. The Kier molecular flexibility index (Phi) is 14.9. The molecule has 1 heterocycles. The number of halogens is 2. The van der Waals surface area contributed by atoms with Crippen LogP contribution in [-0.4, -0.2) is 85.0 Å². The molecule has 2 amide bonds. The maximum Gasteiger partial charge on any atom is 0.328 e. The standard InChI is InChI=1S/C26H36N4O4S.2ClH/c1-34-26(33)23(12-14-35-2)28-24(31)18-29(17-21-10-6-13-30(21)25(32)15-27)16-20-9-5-8-19-7-3-4-11-22(19)20;;/h3-5,7-9,11,21,23H,6,10,12-18,27H2,1-2H3,(H,28,31);2*1H/t21-,23-;;/m0../s1. The molecule has 2 aromatic carbocycles. The Hall–Kier alpha value is -2.04. The molecule has 0 saturated carbocycles. The summed E-state index contributed by atoms with van der Waals surface area (Å²) >= 11 is 1.61. The maximum absolute atomic E-state index is 13.1. The van der Waals surface area contributed by atoms with Crippen molar-refractivity contribution in [3.05, 3.63) is 48.0 Å². The topological polar surface area (TPSA) is 105 Å². The van der Waals surface area contributed by atoms with Gasteiger partial charge in [-0.3, -0.25) is 14.5 Å². The maximum atomic E-state index is 13.1. The molecule has 1 fully saturated rings. The SMILES string of the molecule is COC(=O)[C@H](CCSC)NC(=O)CN(Cc1cccc2ccccc12)C[C@@H]1CCCN1C(=O)CN.Cl.Cl. The fraction of sp³-hybridized carbons (Fsp3) is 0.500. The first kappa shape index (κ1) is 33.0. The Labute approximate surface area is 235 Å². The van der Waals surface area contributed by atoms with Crippen molar-refractivity contribution in [2.24, 2.45) is 5.73 Å². The highest BCUT2D eigenvalue weighted by atomic mass is 35.5. The predicted molar refractivity (Wildman–Crippen MR) is 154 cm³/mol. The number of hydrogen-bond donors (Lipinski definition) is 2. The van der Waals surface area contributed by atoms with Gasteiger partial charge in [-0.1, -0.05) is 42.5 Å². The Morgan fingerprint density at radius 3 is 2.62 bits per heavy atom. The van der Waals surface area contributed by atoms with Crippen molar-refractivity contribution in [2.75, 3.05) is 45.3 Å². The molecule has 206 valence electrons. The van der Waals surface area contributed by atoms with Gasteiger partial charge >= 0.3 is 5.97 Å². The molecule has 0 radical (unpaired) electrons. The number of nitrogens with two attached hydrogens (primary N) is 1. The van der Waals surface area contributed by atoms with Crippen molar-refractivity contribution < 1.29 is 19.1 Å². The first-order valence-corrected chi connectivity index (χ1v) is 13.4. The summed E-state index contributed by atoms with van der Waals surface area (Å²) in [7, 11) is 1.33. The number of nitrogens with zero attached hydrogens (tertiary/aromatic N) is 2. The van der Waals surface area contributed by atoms with Gasteiger partial charge < -0.3 is 20.7 Å². The van der Waals surface area contributed by atoms with Gasteiger partial charge in [-0.15, -0.1) is 24.8 Å². The van der Waals surface area contributed by atoms with Gasteiger partial charge in [-0.2, -0.15) is 11.8 Å². The third-order valence-electron chi connectivity index (χ3n) is 6.41. The van der Waals surface area contributed by atoms with E-state index in [0.29, 0.717) is 26.1 Å². The number of fused-ring (bicyclic) bond motifs is 1. The van der Waals surface area contributed by atoms with Crippen LogP contribution < -0.4 is 11.1 Å². The molecule has 8 nitrogen and oxygen atoms in total. The van der Waals surface area contributed by atoms with Crippen molar-refractivity contribution in [2.45, 2.75) is 37.9 Å². The van der Waals surface area contributed by atoms with E-state index in [1.807, 2.05) is 29.4 Å². The van der Waals surface area contributed by atoms with Crippen LogP contribution in [0.4, 0.5) is 0 Å². The number of carbonyl (C=O) groups is 3. The average Bonchev–Trinajstić information content (AvgIpc) is 3.33. The highest BCUT2D eigenvalue weighted by Crippen LogP contribution is 2.23. The fourth-order valence-electron chi connectivity index (χ4n) is 4.70. The van der Waals surface area contributed by atoms with Crippen molar-refractivity contribution in [3.8, 4) is 0 Å². The van der Waals surface area contributed by atoms with Gasteiger partial charge in [0.2, 0.25) is 11.8 Å². The van der Waals surface area contributed by atoms with Crippen LogP contribution in [0, 0.1) is 0 Å². The molecule has 37 heavy (non-hydrogen) atoms. The first-order valence-electron chi connectivity index (χ1n) is 12.0. The van der Waals surface area contributed by atoms with Gasteiger partial charge in [-0.25, -0.2) is 4.79 Å². The smallest absolute Gasteiger partial charge is 0.328 e. The lowest BCUT2D eigenvalue weighted by molar-refractivity contribution is -0.145. The van der Waals surface area contributed by atoms with Gasteiger partial charge in [0.15, 0.2) is 0 Å². The molecule has 0 spiro atoms. The van der Waals surface area contributed by atoms with Crippen molar-refractivity contribution in [1.29, 1.82) is 0 Å². The third-order valence-corrected chi connectivity index (χ3v) is 7.06. The molecule has 11 heteroatoms. The number of amides is 2. The summed E-state index contributed by atoms with van der Waals surface area (Å²) in [6, 6.07) is 13.7. The zero-order valence-corrected chi connectivity index (χ0v) is 23.8. The molecule has 3 rings (SSSR count). The van der Waals surface area contributed by atoms with Crippen LogP contribution in [-0.2, 0) is 25.7 Å². The zero-order valence-electron chi connectivity index (χ0n) is 21.4. The molecule has 0 aromatic heterocycles. The van der Waals surface area contributed by atoms with Crippen molar-refractivity contribution in [3.63, 3.8) is 0 Å². The Bertz CT molecular complexity index is 1020. The molecule has 2 aromatic rings. The summed E-state index contributed by atoms with van der Waals surface area (Å²) in [5.74, 6) is -0.0114. The van der Waals surface area contributed by atoms with E-state index >= 15 is 0 Å². The summed E-state index contributed by atoms with van der Waals surface area (Å²) in [5, 5.41) is 5.13. The van der Waals surface area contributed by atoms with E-state index in [0.717, 1.165) is 34.9 Å². The number of hydrogen-bond acceptors (Lipinski definition) is 7. The summed E-state index contributed by atoms with van der Waals surface area (Å²) in [5.41, 5.74) is 6.74. The third kappa shape index (κ3) is 9.33. The molecule has 0 bridgehead atoms. The summed E-state index contributed by atoms with van der Waals surface area (Å²) < 4.78 is 4.89. The van der Waals surface area contributed by atoms with E-state index in [9.17, 15) is 14.4 Å². The number of likely N-dealkylation sites (tertiary alicyclic amines) is 1. The Morgan fingerprint density at radius 2 is 1.92 bits per heavy atom. The number of nitrogens with one attached hydrogen (secondary N) is 1. The lowest BCUT2D eigenvalue weighted by atomic mass is 10.0. The molecule has 0 aliphatic carbocycles.